The minimum Gasteiger partial charge on any atom is -0.361 e. The first kappa shape index (κ1) is 17.7. The molecular formula is C25H28N2O. The van der Waals surface area contributed by atoms with E-state index in [0.29, 0.717) is 12.3 Å². The Bertz CT molecular complexity index is 1020. The van der Waals surface area contributed by atoms with Gasteiger partial charge in [-0.2, -0.15) is 0 Å². The Morgan fingerprint density at radius 3 is 2.96 bits per heavy atom. The van der Waals surface area contributed by atoms with Gasteiger partial charge in [0.25, 0.3) is 0 Å². The van der Waals surface area contributed by atoms with E-state index in [2.05, 4.69) is 34.3 Å². The minimum atomic E-state index is 0.192. The summed E-state index contributed by atoms with van der Waals surface area (Å²) in [5, 5.41) is 1.30. The zero-order chi connectivity index (χ0) is 19.1. The van der Waals surface area contributed by atoms with Crippen LogP contribution in [0.25, 0.3) is 10.9 Å². The van der Waals surface area contributed by atoms with E-state index < -0.39 is 0 Å². The van der Waals surface area contributed by atoms with Crippen LogP contribution in [0.1, 0.15) is 58.6 Å². The van der Waals surface area contributed by atoms with Gasteiger partial charge in [0.15, 0.2) is 5.78 Å². The lowest BCUT2D eigenvalue weighted by molar-refractivity contribution is 0.0993. The number of H-pyrrole nitrogens is 1. The third kappa shape index (κ3) is 3.29. The molecule has 0 spiro atoms. The Morgan fingerprint density at radius 2 is 2.07 bits per heavy atom. The van der Waals surface area contributed by atoms with E-state index in [4.69, 9.17) is 0 Å². The number of fused-ring (bicyclic) bond motifs is 2. The molecule has 1 aromatic heterocycles. The van der Waals surface area contributed by atoms with E-state index in [1.165, 1.54) is 55.2 Å². The van der Waals surface area contributed by atoms with E-state index in [0.717, 1.165) is 22.7 Å². The van der Waals surface area contributed by atoms with Crippen LogP contribution in [0.4, 0.5) is 0 Å². The molecule has 0 bridgehead atoms. The highest BCUT2D eigenvalue weighted by atomic mass is 16.1. The molecule has 2 unspecified atom stereocenters. The zero-order valence-corrected chi connectivity index (χ0v) is 16.6. The van der Waals surface area contributed by atoms with Crippen molar-refractivity contribution in [2.75, 3.05) is 13.1 Å². The van der Waals surface area contributed by atoms with Crippen molar-refractivity contribution in [2.45, 2.75) is 51.0 Å². The zero-order valence-electron chi connectivity index (χ0n) is 16.6. The van der Waals surface area contributed by atoms with Gasteiger partial charge in [-0.05, 0) is 74.4 Å². The van der Waals surface area contributed by atoms with E-state index >= 15 is 0 Å². The molecule has 2 atom stereocenters. The predicted octanol–water partition coefficient (Wildman–Crippen LogP) is 5.24. The van der Waals surface area contributed by atoms with Crippen molar-refractivity contribution >= 4 is 16.7 Å². The highest BCUT2D eigenvalue weighted by Gasteiger charge is 2.32. The van der Waals surface area contributed by atoms with Crippen molar-refractivity contribution in [3.63, 3.8) is 0 Å². The number of rotatable bonds is 4. The molecule has 3 nitrogen and oxygen atoms in total. The van der Waals surface area contributed by atoms with E-state index in [9.17, 15) is 4.79 Å². The largest absolute Gasteiger partial charge is 0.361 e. The second kappa shape index (κ2) is 7.21. The average molecular weight is 373 g/mol. The smallest absolute Gasteiger partial charge is 0.167 e. The highest BCUT2D eigenvalue weighted by Crippen LogP contribution is 2.37. The van der Waals surface area contributed by atoms with Crippen molar-refractivity contribution in [2.24, 2.45) is 0 Å². The molecule has 3 heterocycles. The second-order valence-corrected chi connectivity index (χ2v) is 8.66. The number of carbonyl (C=O) groups excluding carboxylic acids is 1. The van der Waals surface area contributed by atoms with Crippen molar-refractivity contribution < 1.29 is 4.79 Å². The van der Waals surface area contributed by atoms with Crippen LogP contribution in [0.15, 0.2) is 48.7 Å². The van der Waals surface area contributed by atoms with Gasteiger partial charge in [-0.25, -0.2) is 0 Å². The van der Waals surface area contributed by atoms with Gasteiger partial charge in [0.2, 0.25) is 0 Å². The molecule has 0 radical (unpaired) electrons. The summed E-state index contributed by atoms with van der Waals surface area (Å²) in [5.74, 6) is 0.795. The number of aryl methyl sites for hydroxylation is 1. The molecule has 2 fully saturated rings. The second-order valence-electron chi connectivity index (χ2n) is 8.66. The predicted molar refractivity (Wildman–Crippen MR) is 114 cm³/mol. The third-order valence-corrected chi connectivity index (χ3v) is 6.73. The number of nitrogens with zero attached hydrogens (tertiary/aromatic N) is 1. The summed E-state index contributed by atoms with van der Waals surface area (Å²) in [6.07, 6.45) is 8.01. The lowest BCUT2D eigenvalue weighted by Gasteiger charge is -2.35. The minimum absolute atomic E-state index is 0.192. The molecule has 3 heteroatoms. The number of hydrogen-bond acceptors (Lipinski definition) is 2. The third-order valence-electron chi connectivity index (χ3n) is 6.73. The molecular weight excluding hydrogens is 344 g/mol. The molecule has 28 heavy (non-hydrogen) atoms. The Hall–Kier alpha value is -2.39. The number of piperidine rings is 1. The summed E-state index contributed by atoms with van der Waals surface area (Å²) in [4.78, 5) is 18.9. The van der Waals surface area contributed by atoms with Crippen LogP contribution in [-0.4, -0.2) is 34.8 Å². The van der Waals surface area contributed by atoms with E-state index in [1.807, 2.05) is 31.2 Å². The van der Waals surface area contributed by atoms with Crippen LogP contribution in [0.2, 0.25) is 0 Å². The van der Waals surface area contributed by atoms with Crippen LogP contribution >= 0.6 is 0 Å². The van der Waals surface area contributed by atoms with Gasteiger partial charge < -0.3 is 4.98 Å². The van der Waals surface area contributed by atoms with Crippen molar-refractivity contribution in [3.05, 3.63) is 70.9 Å². The molecule has 2 aliphatic rings. The monoisotopic (exact) mass is 372 g/mol. The summed E-state index contributed by atoms with van der Waals surface area (Å²) in [6.45, 7) is 4.48. The Morgan fingerprint density at radius 1 is 1.14 bits per heavy atom. The van der Waals surface area contributed by atoms with Crippen LogP contribution in [0, 0.1) is 6.92 Å². The van der Waals surface area contributed by atoms with Gasteiger partial charge in [0.1, 0.15) is 0 Å². The van der Waals surface area contributed by atoms with E-state index in [-0.39, 0.29) is 5.78 Å². The fourth-order valence-corrected chi connectivity index (χ4v) is 5.23. The summed E-state index contributed by atoms with van der Waals surface area (Å²) < 4.78 is 0. The van der Waals surface area contributed by atoms with Gasteiger partial charge in [-0.15, -0.1) is 0 Å². The van der Waals surface area contributed by atoms with Gasteiger partial charge in [-0.3, -0.25) is 9.69 Å². The lowest BCUT2D eigenvalue weighted by atomic mass is 9.87. The number of ketones is 1. The maximum Gasteiger partial charge on any atom is 0.167 e. The van der Waals surface area contributed by atoms with Gasteiger partial charge >= 0.3 is 0 Å². The molecule has 5 rings (SSSR count). The van der Waals surface area contributed by atoms with Crippen molar-refractivity contribution in [3.8, 4) is 0 Å². The number of carbonyl (C=O) groups is 1. The number of aromatic nitrogens is 1. The number of hydrogen-bond donors (Lipinski definition) is 1. The van der Waals surface area contributed by atoms with Crippen LogP contribution in [0.3, 0.4) is 0 Å². The standard InChI is InChI=1S/C25H28N2O/c1-17-4-2-5-19(12-17)25(28)14-18-7-10-24-22(13-18)23(15-26-24)20-8-9-21-6-3-11-27(21)16-20/h2,4-5,7,10,12-13,15,20-21,26H,3,6,8-9,11,14,16H2,1H3. The molecule has 2 aliphatic heterocycles. The molecule has 0 saturated carbocycles. The normalized spacial score (nSPS) is 22.5. The molecule has 3 aromatic rings. The Kier molecular flexibility index (Phi) is 4.56. The molecule has 0 aliphatic carbocycles. The number of aromatic amines is 1. The molecule has 1 N–H and O–H groups in total. The van der Waals surface area contributed by atoms with Crippen LogP contribution < -0.4 is 0 Å². The first-order valence-corrected chi connectivity index (χ1v) is 10.6. The summed E-state index contributed by atoms with van der Waals surface area (Å²) in [5.41, 5.74) is 5.67. The van der Waals surface area contributed by atoms with Gasteiger partial charge in [-0.1, -0.05) is 29.8 Å². The molecule has 0 amide bonds. The SMILES string of the molecule is Cc1cccc(C(=O)Cc2ccc3[nH]cc(C4CCC5CCCN5C4)c3c2)c1. The Labute approximate surface area is 166 Å². The van der Waals surface area contributed by atoms with Gasteiger partial charge in [0, 0.05) is 41.7 Å². The molecule has 144 valence electrons. The maximum atomic E-state index is 12.7. The fraction of sp³-hybridized carbons (Fsp3) is 0.400. The van der Waals surface area contributed by atoms with Crippen molar-refractivity contribution in [1.29, 1.82) is 0 Å². The van der Waals surface area contributed by atoms with E-state index in [1.54, 1.807) is 0 Å². The average Bonchev–Trinajstić information content (AvgIpc) is 3.33. The molecule has 2 saturated heterocycles. The number of benzene rings is 2. The van der Waals surface area contributed by atoms with Crippen LogP contribution in [-0.2, 0) is 6.42 Å². The number of nitrogens with one attached hydrogen (secondary N) is 1. The number of Topliss-reactive ketones (excluding diaryl/α,β-unsaturated/α-hetero) is 1. The topological polar surface area (TPSA) is 36.1 Å². The summed E-state index contributed by atoms with van der Waals surface area (Å²) in [6, 6.07) is 15.2. The first-order chi connectivity index (χ1) is 13.7. The maximum absolute atomic E-state index is 12.7. The quantitative estimate of drug-likeness (QED) is 0.636. The first-order valence-electron chi connectivity index (χ1n) is 10.6. The highest BCUT2D eigenvalue weighted by molar-refractivity contribution is 5.98. The lowest BCUT2D eigenvalue weighted by Crippen LogP contribution is -2.37. The van der Waals surface area contributed by atoms with Gasteiger partial charge in [0.05, 0.1) is 0 Å². The fourth-order valence-electron chi connectivity index (χ4n) is 5.23. The van der Waals surface area contributed by atoms with Crippen LogP contribution in [0.5, 0.6) is 0 Å². The summed E-state index contributed by atoms with van der Waals surface area (Å²) >= 11 is 0. The van der Waals surface area contributed by atoms with Crippen molar-refractivity contribution in [1.82, 2.24) is 9.88 Å². The molecule has 2 aromatic carbocycles. The Balaban J connectivity index is 1.40. The summed E-state index contributed by atoms with van der Waals surface area (Å²) in [7, 11) is 0.